The molecule has 1 aliphatic rings. The van der Waals surface area contributed by atoms with Crippen molar-refractivity contribution in [1.82, 2.24) is 0 Å². The summed E-state index contributed by atoms with van der Waals surface area (Å²) in [7, 11) is 1.49. The summed E-state index contributed by atoms with van der Waals surface area (Å²) in [5, 5.41) is 3.69. The van der Waals surface area contributed by atoms with Crippen LogP contribution in [0.5, 0.6) is 0 Å². The lowest BCUT2D eigenvalue weighted by Crippen LogP contribution is -2.10. The van der Waals surface area contributed by atoms with Gasteiger partial charge in [0.05, 0.1) is 12.5 Å². The molecule has 0 heterocycles. The zero-order valence-electron chi connectivity index (χ0n) is 9.11. The van der Waals surface area contributed by atoms with Gasteiger partial charge < -0.3 is 9.57 Å². The molecule has 4 nitrogen and oxygen atoms in total. The molecule has 0 radical (unpaired) electrons. The summed E-state index contributed by atoms with van der Waals surface area (Å²) in [5.41, 5.74) is -0.0473. The first-order chi connectivity index (χ1) is 6.55. The first-order valence-corrected chi connectivity index (χ1v) is 4.79. The largest absolute Gasteiger partial charge is 0.466 e. The van der Waals surface area contributed by atoms with Crippen molar-refractivity contribution in [1.29, 1.82) is 0 Å². The Morgan fingerprint density at radius 3 is 2.71 bits per heavy atom. The Balaban J connectivity index is 2.56. The second kappa shape index (κ2) is 3.98. The van der Waals surface area contributed by atoms with E-state index in [-0.39, 0.29) is 23.2 Å². The highest BCUT2D eigenvalue weighted by atomic mass is 16.6. The average molecular weight is 199 g/mol. The summed E-state index contributed by atoms with van der Waals surface area (Å²) in [6, 6.07) is 0. The molecule has 0 aromatic rings. The molecule has 1 fully saturated rings. The normalized spacial score (nSPS) is 28.9. The molecule has 80 valence electrons. The number of oxime groups is 1. The number of hydrogen-bond acceptors (Lipinski definition) is 4. The van der Waals surface area contributed by atoms with E-state index < -0.39 is 0 Å². The van der Waals surface area contributed by atoms with E-state index in [0.717, 1.165) is 0 Å². The van der Waals surface area contributed by atoms with E-state index in [1.807, 2.05) is 20.8 Å². The lowest BCUT2D eigenvalue weighted by molar-refractivity contribution is -0.145. The van der Waals surface area contributed by atoms with E-state index >= 15 is 0 Å². The fourth-order valence-electron chi connectivity index (χ4n) is 1.76. The number of nitrogens with zero attached hydrogens (tertiary/aromatic N) is 1. The van der Waals surface area contributed by atoms with Gasteiger partial charge >= 0.3 is 5.97 Å². The summed E-state index contributed by atoms with van der Waals surface area (Å²) in [6.45, 7) is 6.30. The molecule has 0 N–H and O–H groups in total. The molecule has 1 aliphatic carbocycles. The van der Waals surface area contributed by atoms with Crippen molar-refractivity contribution in [3.63, 3.8) is 0 Å². The number of hydrogen-bond donors (Lipinski definition) is 0. The van der Waals surface area contributed by atoms with E-state index in [2.05, 4.69) is 9.99 Å². The van der Waals surface area contributed by atoms with Crippen molar-refractivity contribution in [3.05, 3.63) is 0 Å². The van der Waals surface area contributed by atoms with Crippen molar-refractivity contribution < 1.29 is 14.4 Å². The molecule has 1 rings (SSSR count). The molecular formula is C10H17NO3. The van der Waals surface area contributed by atoms with E-state index in [0.29, 0.717) is 6.61 Å². The lowest BCUT2D eigenvalue weighted by atomic mass is 10.1. The summed E-state index contributed by atoms with van der Waals surface area (Å²) >= 11 is 0. The molecular weight excluding hydrogens is 182 g/mol. The maximum Gasteiger partial charge on any atom is 0.310 e. The zero-order chi connectivity index (χ0) is 10.8. The molecule has 0 amide bonds. The molecule has 1 saturated carbocycles. The smallest absolute Gasteiger partial charge is 0.310 e. The van der Waals surface area contributed by atoms with E-state index in [1.54, 1.807) is 6.21 Å². The molecule has 0 aromatic carbocycles. The van der Waals surface area contributed by atoms with Gasteiger partial charge in [0, 0.05) is 12.1 Å². The first-order valence-electron chi connectivity index (χ1n) is 4.79. The minimum absolute atomic E-state index is 0.0473. The van der Waals surface area contributed by atoms with Gasteiger partial charge in [-0.3, -0.25) is 4.79 Å². The zero-order valence-corrected chi connectivity index (χ0v) is 9.11. The summed E-state index contributed by atoms with van der Waals surface area (Å²) in [5.74, 6) is -0.0621. The third-order valence-electron chi connectivity index (χ3n) is 2.78. The van der Waals surface area contributed by atoms with Crippen LogP contribution in [0.2, 0.25) is 0 Å². The Morgan fingerprint density at radius 2 is 2.21 bits per heavy atom. The molecule has 2 atom stereocenters. The average Bonchev–Trinajstić information content (AvgIpc) is 2.65. The van der Waals surface area contributed by atoms with Crippen molar-refractivity contribution in [2.24, 2.45) is 22.4 Å². The highest BCUT2D eigenvalue weighted by molar-refractivity contribution is 5.85. The van der Waals surface area contributed by atoms with Crippen LogP contribution in [0.25, 0.3) is 0 Å². The second-order valence-electron chi connectivity index (χ2n) is 4.01. The number of ether oxygens (including phenoxy) is 1. The van der Waals surface area contributed by atoms with Crippen LogP contribution in [0.4, 0.5) is 0 Å². The van der Waals surface area contributed by atoms with E-state index in [4.69, 9.17) is 4.74 Å². The quantitative estimate of drug-likeness (QED) is 0.391. The minimum atomic E-state index is -0.134. The first kappa shape index (κ1) is 11.0. The van der Waals surface area contributed by atoms with Gasteiger partial charge in [0.25, 0.3) is 0 Å². The fourth-order valence-corrected chi connectivity index (χ4v) is 1.76. The van der Waals surface area contributed by atoms with Crippen LogP contribution in [0.3, 0.4) is 0 Å². The van der Waals surface area contributed by atoms with Gasteiger partial charge in [-0.15, -0.1) is 0 Å². The van der Waals surface area contributed by atoms with Crippen molar-refractivity contribution in [3.8, 4) is 0 Å². The Kier molecular flexibility index (Phi) is 3.13. The molecule has 4 heteroatoms. The van der Waals surface area contributed by atoms with Crippen LogP contribution in [0, 0.1) is 17.3 Å². The predicted molar refractivity (Wildman–Crippen MR) is 52.9 cm³/mol. The molecule has 0 aliphatic heterocycles. The molecule has 0 saturated heterocycles. The Bertz CT molecular complexity index is 248. The third kappa shape index (κ3) is 1.89. The van der Waals surface area contributed by atoms with Gasteiger partial charge in [-0.2, -0.15) is 0 Å². The topological polar surface area (TPSA) is 47.9 Å². The SMILES string of the molecule is CCOC(=O)C1C(C=NOC)C1(C)C. The molecule has 0 spiro atoms. The predicted octanol–water partition coefficient (Wildman–Crippen LogP) is 1.45. The molecule has 2 unspecified atom stereocenters. The van der Waals surface area contributed by atoms with Crippen molar-refractivity contribution >= 4 is 12.2 Å². The Morgan fingerprint density at radius 1 is 1.57 bits per heavy atom. The van der Waals surface area contributed by atoms with Gasteiger partial charge in [0.1, 0.15) is 7.11 Å². The molecule has 0 bridgehead atoms. The highest BCUT2D eigenvalue weighted by Crippen LogP contribution is 2.57. The van der Waals surface area contributed by atoms with Gasteiger partial charge in [0.2, 0.25) is 0 Å². The highest BCUT2D eigenvalue weighted by Gasteiger charge is 2.62. The summed E-state index contributed by atoms with van der Waals surface area (Å²) < 4.78 is 4.97. The van der Waals surface area contributed by atoms with E-state index in [9.17, 15) is 4.79 Å². The molecule has 0 aromatic heterocycles. The van der Waals surface area contributed by atoms with Gasteiger partial charge in [-0.05, 0) is 12.3 Å². The van der Waals surface area contributed by atoms with Crippen LogP contribution in [0.1, 0.15) is 20.8 Å². The maximum absolute atomic E-state index is 11.5. The van der Waals surface area contributed by atoms with E-state index in [1.165, 1.54) is 7.11 Å². The maximum atomic E-state index is 11.5. The standard InChI is InChI=1S/C10H17NO3/c1-5-14-9(12)8-7(6-11-13-4)10(8,2)3/h6-8H,5H2,1-4H3. The Labute approximate surface area is 84.3 Å². The van der Waals surface area contributed by atoms with Crippen LogP contribution < -0.4 is 0 Å². The van der Waals surface area contributed by atoms with Crippen molar-refractivity contribution in [2.45, 2.75) is 20.8 Å². The summed E-state index contributed by atoms with van der Waals surface area (Å²) in [4.78, 5) is 16.1. The van der Waals surface area contributed by atoms with Gasteiger partial charge in [-0.25, -0.2) is 0 Å². The van der Waals surface area contributed by atoms with Crippen LogP contribution >= 0.6 is 0 Å². The van der Waals surface area contributed by atoms with Gasteiger partial charge in [-0.1, -0.05) is 19.0 Å². The van der Waals surface area contributed by atoms with Crippen LogP contribution in [0.15, 0.2) is 5.16 Å². The summed E-state index contributed by atoms with van der Waals surface area (Å²) in [6.07, 6.45) is 1.68. The number of rotatable bonds is 4. The van der Waals surface area contributed by atoms with Crippen LogP contribution in [-0.4, -0.2) is 25.9 Å². The monoisotopic (exact) mass is 199 g/mol. The van der Waals surface area contributed by atoms with Crippen molar-refractivity contribution in [2.75, 3.05) is 13.7 Å². The second-order valence-corrected chi connectivity index (χ2v) is 4.01. The number of carbonyl (C=O) groups excluding carboxylic acids is 1. The lowest BCUT2D eigenvalue weighted by Gasteiger charge is -2.01. The number of esters is 1. The fraction of sp³-hybridized carbons (Fsp3) is 0.800. The minimum Gasteiger partial charge on any atom is -0.466 e. The molecule has 14 heavy (non-hydrogen) atoms. The Hall–Kier alpha value is -1.06. The number of carbonyl (C=O) groups is 1. The van der Waals surface area contributed by atoms with Crippen LogP contribution in [-0.2, 0) is 14.4 Å². The third-order valence-corrected chi connectivity index (χ3v) is 2.78. The van der Waals surface area contributed by atoms with Gasteiger partial charge in [0.15, 0.2) is 0 Å².